The van der Waals surface area contributed by atoms with Gasteiger partial charge in [0.15, 0.2) is 6.29 Å². The first-order valence-electron chi connectivity index (χ1n) is 4.36. The van der Waals surface area contributed by atoms with Gasteiger partial charge in [-0.2, -0.15) is 0 Å². The highest BCUT2D eigenvalue weighted by atomic mass is 35.5. The molecule has 0 heterocycles. The Morgan fingerprint density at radius 2 is 1.93 bits per heavy atom. The van der Waals surface area contributed by atoms with Crippen LogP contribution in [-0.4, -0.2) is 6.29 Å². The second kappa shape index (κ2) is 3.43. The van der Waals surface area contributed by atoms with E-state index in [-0.39, 0.29) is 0 Å². The van der Waals surface area contributed by atoms with E-state index in [9.17, 15) is 4.79 Å². The SMILES string of the molecule is Cc1ccc2ccc(Cl)cc2c1C=O. The van der Waals surface area contributed by atoms with E-state index < -0.39 is 0 Å². The third-order valence-electron chi connectivity index (χ3n) is 2.36. The van der Waals surface area contributed by atoms with Crippen LogP contribution in [0.15, 0.2) is 30.3 Å². The lowest BCUT2D eigenvalue weighted by molar-refractivity contribution is 0.112. The van der Waals surface area contributed by atoms with E-state index in [4.69, 9.17) is 11.6 Å². The van der Waals surface area contributed by atoms with E-state index in [1.807, 2.05) is 37.3 Å². The Bertz CT molecular complexity index is 498. The van der Waals surface area contributed by atoms with Gasteiger partial charge in [0.1, 0.15) is 0 Å². The minimum Gasteiger partial charge on any atom is -0.298 e. The second-order valence-electron chi connectivity index (χ2n) is 3.28. The first-order chi connectivity index (χ1) is 6.72. The van der Waals surface area contributed by atoms with Crippen molar-refractivity contribution in [3.8, 4) is 0 Å². The Hall–Kier alpha value is -1.34. The van der Waals surface area contributed by atoms with E-state index in [2.05, 4.69) is 0 Å². The smallest absolute Gasteiger partial charge is 0.150 e. The molecule has 0 aliphatic carbocycles. The van der Waals surface area contributed by atoms with Crippen LogP contribution in [0.1, 0.15) is 15.9 Å². The fraction of sp³-hybridized carbons (Fsp3) is 0.0833. The maximum Gasteiger partial charge on any atom is 0.150 e. The maximum absolute atomic E-state index is 10.9. The minimum atomic E-state index is 0.659. The van der Waals surface area contributed by atoms with Crippen molar-refractivity contribution < 1.29 is 4.79 Å². The molecule has 2 rings (SSSR count). The Balaban J connectivity index is 2.91. The van der Waals surface area contributed by atoms with Gasteiger partial charge in [0.2, 0.25) is 0 Å². The van der Waals surface area contributed by atoms with Crippen molar-refractivity contribution >= 4 is 28.7 Å². The van der Waals surface area contributed by atoms with Crippen molar-refractivity contribution in [2.45, 2.75) is 6.92 Å². The molecule has 0 aliphatic heterocycles. The van der Waals surface area contributed by atoms with Crippen molar-refractivity contribution in [1.82, 2.24) is 0 Å². The number of hydrogen-bond acceptors (Lipinski definition) is 1. The molecule has 1 nitrogen and oxygen atoms in total. The highest BCUT2D eigenvalue weighted by Gasteiger charge is 2.03. The average molecular weight is 205 g/mol. The van der Waals surface area contributed by atoms with E-state index in [0.717, 1.165) is 28.2 Å². The zero-order valence-electron chi connectivity index (χ0n) is 7.75. The summed E-state index contributed by atoms with van der Waals surface area (Å²) in [5.41, 5.74) is 1.71. The predicted octanol–water partition coefficient (Wildman–Crippen LogP) is 3.61. The van der Waals surface area contributed by atoms with Gasteiger partial charge in [-0.05, 0) is 35.4 Å². The first kappa shape index (κ1) is 9.22. The Kier molecular flexibility index (Phi) is 2.26. The monoisotopic (exact) mass is 204 g/mol. The fourth-order valence-electron chi connectivity index (χ4n) is 1.58. The van der Waals surface area contributed by atoms with Crippen LogP contribution in [0.4, 0.5) is 0 Å². The number of aldehydes is 1. The molecule has 0 amide bonds. The van der Waals surface area contributed by atoms with Gasteiger partial charge >= 0.3 is 0 Å². The molecule has 70 valence electrons. The van der Waals surface area contributed by atoms with Crippen LogP contribution >= 0.6 is 11.6 Å². The molecule has 2 aromatic rings. The standard InChI is InChI=1S/C12H9ClO/c1-8-2-3-9-4-5-10(13)6-11(9)12(8)7-14/h2-7H,1H3. The van der Waals surface area contributed by atoms with Crippen LogP contribution < -0.4 is 0 Å². The summed E-state index contributed by atoms with van der Waals surface area (Å²) in [6.07, 6.45) is 0.883. The number of carbonyl (C=O) groups excluding carboxylic acids is 1. The lowest BCUT2D eigenvalue weighted by Crippen LogP contribution is -1.88. The number of fused-ring (bicyclic) bond motifs is 1. The normalized spacial score (nSPS) is 10.4. The first-order valence-corrected chi connectivity index (χ1v) is 4.74. The third-order valence-corrected chi connectivity index (χ3v) is 2.60. The average Bonchev–Trinajstić information content (AvgIpc) is 2.17. The molecular weight excluding hydrogens is 196 g/mol. The molecule has 0 unspecified atom stereocenters. The maximum atomic E-state index is 10.9. The van der Waals surface area contributed by atoms with Gasteiger partial charge in [0, 0.05) is 10.6 Å². The number of benzene rings is 2. The summed E-state index contributed by atoms with van der Waals surface area (Å²) in [6, 6.07) is 9.51. The number of carbonyl (C=O) groups is 1. The Labute approximate surface area is 87.3 Å². The molecule has 0 saturated heterocycles. The molecule has 2 aromatic carbocycles. The van der Waals surface area contributed by atoms with Crippen molar-refractivity contribution in [3.05, 3.63) is 46.5 Å². The second-order valence-corrected chi connectivity index (χ2v) is 3.72. The van der Waals surface area contributed by atoms with Gasteiger partial charge in [-0.15, -0.1) is 0 Å². The fourth-order valence-corrected chi connectivity index (χ4v) is 1.75. The molecule has 0 bridgehead atoms. The molecule has 0 fully saturated rings. The zero-order chi connectivity index (χ0) is 10.1. The molecule has 14 heavy (non-hydrogen) atoms. The molecule has 2 heteroatoms. The number of hydrogen-bond donors (Lipinski definition) is 0. The minimum absolute atomic E-state index is 0.659. The van der Waals surface area contributed by atoms with Crippen LogP contribution in [0.5, 0.6) is 0 Å². The summed E-state index contributed by atoms with van der Waals surface area (Å²) in [7, 11) is 0. The molecule has 0 spiro atoms. The predicted molar refractivity (Wildman–Crippen MR) is 59.1 cm³/mol. The summed E-state index contributed by atoms with van der Waals surface area (Å²) in [6.45, 7) is 1.92. The molecule has 0 radical (unpaired) electrons. The lowest BCUT2D eigenvalue weighted by atomic mass is 10.0. The summed E-state index contributed by atoms with van der Waals surface area (Å²) < 4.78 is 0. The van der Waals surface area contributed by atoms with E-state index in [0.29, 0.717) is 5.02 Å². The van der Waals surface area contributed by atoms with Crippen LogP contribution in [-0.2, 0) is 0 Å². The molecule has 0 saturated carbocycles. The van der Waals surface area contributed by atoms with Gasteiger partial charge in [-0.25, -0.2) is 0 Å². The molecule has 0 aliphatic rings. The summed E-state index contributed by atoms with van der Waals surface area (Å²) in [4.78, 5) is 10.9. The zero-order valence-corrected chi connectivity index (χ0v) is 8.51. The number of aryl methyl sites for hydroxylation is 1. The number of rotatable bonds is 1. The van der Waals surface area contributed by atoms with E-state index in [1.165, 1.54) is 0 Å². The molecular formula is C12H9ClO. The topological polar surface area (TPSA) is 17.1 Å². The van der Waals surface area contributed by atoms with Gasteiger partial charge in [-0.3, -0.25) is 4.79 Å². The van der Waals surface area contributed by atoms with E-state index >= 15 is 0 Å². The van der Waals surface area contributed by atoms with E-state index in [1.54, 1.807) is 0 Å². The van der Waals surface area contributed by atoms with Gasteiger partial charge in [0.25, 0.3) is 0 Å². The summed E-state index contributed by atoms with van der Waals surface area (Å²) in [5.74, 6) is 0. The van der Waals surface area contributed by atoms with Crippen molar-refractivity contribution in [3.63, 3.8) is 0 Å². The van der Waals surface area contributed by atoms with Crippen LogP contribution in [0.25, 0.3) is 10.8 Å². The Morgan fingerprint density at radius 1 is 1.21 bits per heavy atom. The van der Waals surface area contributed by atoms with Gasteiger partial charge in [-0.1, -0.05) is 29.8 Å². The molecule has 0 atom stereocenters. The lowest BCUT2D eigenvalue weighted by Gasteiger charge is -2.04. The largest absolute Gasteiger partial charge is 0.298 e. The van der Waals surface area contributed by atoms with Crippen molar-refractivity contribution in [1.29, 1.82) is 0 Å². The van der Waals surface area contributed by atoms with Crippen LogP contribution in [0.3, 0.4) is 0 Å². The van der Waals surface area contributed by atoms with Crippen molar-refractivity contribution in [2.24, 2.45) is 0 Å². The Morgan fingerprint density at radius 3 is 2.64 bits per heavy atom. The molecule has 0 N–H and O–H groups in total. The van der Waals surface area contributed by atoms with Crippen LogP contribution in [0, 0.1) is 6.92 Å². The highest BCUT2D eigenvalue weighted by molar-refractivity contribution is 6.31. The van der Waals surface area contributed by atoms with Crippen LogP contribution in [0.2, 0.25) is 5.02 Å². The highest BCUT2D eigenvalue weighted by Crippen LogP contribution is 2.24. The summed E-state index contributed by atoms with van der Waals surface area (Å²) >= 11 is 5.88. The van der Waals surface area contributed by atoms with Crippen molar-refractivity contribution in [2.75, 3.05) is 0 Å². The quantitative estimate of drug-likeness (QED) is 0.649. The third kappa shape index (κ3) is 1.40. The number of halogens is 1. The van der Waals surface area contributed by atoms with Gasteiger partial charge in [0.05, 0.1) is 0 Å². The molecule has 0 aromatic heterocycles. The summed E-state index contributed by atoms with van der Waals surface area (Å²) in [5, 5.41) is 2.63. The van der Waals surface area contributed by atoms with Gasteiger partial charge < -0.3 is 0 Å².